The largest absolute Gasteiger partial charge is 0.480 e. The molecule has 0 aliphatic heterocycles. The number of carboxylic acids is 1. The number of amides is 1. The molecule has 3 aromatic rings. The number of carbonyl (C=O) groups is 2. The van der Waals surface area contributed by atoms with Gasteiger partial charge in [0.1, 0.15) is 6.04 Å². The molecule has 0 radical (unpaired) electrons. The average molecular weight is 568 g/mol. The highest BCUT2D eigenvalue weighted by Gasteiger charge is 2.23. The van der Waals surface area contributed by atoms with Crippen molar-refractivity contribution in [3.63, 3.8) is 0 Å². The van der Waals surface area contributed by atoms with Gasteiger partial charge in [-0.05, 0) is 74.2 Å². The third kappa shape index (κ3) is 9.84. The molecule has 1 aromatic heterocycles. The molecule has 0 fully saturated rings. The van der Waals surface area contributed by atoms with Crippen LogP contribution in [0.1, 0.15) is 90.9 Å². The lowest BCUT2D eigenvalue weighted by molar-refractivity contribution is -0.139. The normalized spacial score (nSPS) is 12.2. The molecule has 2 unspecified atom stereocenters. The van der Waals surface area contributed by atoms with Gasteiger partial charge in [-0.2, -0.15) is 0 Å². The lowest BCUT2D eigenvalue weighted by atomic mass is 9.93. The zero-order valence-corrected chi connectivity index (χ0v) is 25.6. The van der Waals surface area contributed by atoms with E-state index < -0.39 is 17.9 Å². The van der Waals surface area contributed by atoms with Crippen LogP contribution in [-0.4, -0.2) is 41.6 Å². The minimum absolute atomic E-state index is 0.0452. The summed E-state index contributed by atoms with van der Waals surface area (Å²) in [7, 11) is 1.75. The van der Waals surface area contributed by atoms with Crippen LogP contribution in [0.5, 0.6) is 0 Å². The van der Waals surface area contributed by atoms with E-state index in [2.05, 4.69) is 43.3 Å². The van der Waals surface area contributed by atoms with E-state index in [0.29, 0.717) is 25.1 Å². The van der Waals surface area contributed by atoms with E-state index in [0.717, 1.165) is 45.0 Å². The second-order valence-electron chi connectivity index (χ2n) is 9.67. The van der Waals surface area contributed by atoms with Crippen LogP contribution in [-0.2, 0) is 22.6 Å². The van der Waals surface area contributed by atoms with Crippen molar-refractivity contribution in [1.82, 2.24) is 15.6 Å². The summed E-state index contributed by atoms with van der Waals surface area (Å²) < 4.78 is 6.27. The van der Waals surface area contributed by atoms with E-state index >= 15 is 0 Å². The fraction of sp³-hybridized carbons (Fsp3) is 0.469. The first-order valence-corrected chi connectivity index (χ1v) is 15.0. The number of aromatic nitrogens is 1. The molecule has 3 N–H and O–H groups in total. The molecule has 3 rings (SSSR count). The van der Waals surface area contributed by atoms with Crippen molar-refractivity contribution in [1.29, 1.82) is 0 Å². The summed E-state index contributed by atoms with van der Waals surface area (Å²) in [4.78, 5) is 30.5. The van der Waals surface area contributed by atoms with Gasteiger partial charge >= 0.3 is 5.97 Å². The number of hydrogen-bond acceptors (Lipinski definition) is 6. The predicted octanol–water partition coefficient (Wildman–Crippen LogP) is 6.95. The number of thiazole rings is 1. The van der Waals surface area contributed by atoms with Crippen molar-refractivity contribution in [3.8, 4) is 11.1 Å². The molecule has 0 saturated carbocycles. The highest BCUT2D eigenvalue weighted by Crippen LogP contribution is 2.31. The molecule has 40 heavy (non-hydrogen) atoms. The van der Waals surface area contributed by atoms with E-state index in [-0.39, 0.29) is 6.10 Å². The van der Waals surface area contributed by atoms with Crippen LogP contribution < -0.4 is 10.6 Å². The third-order valence-corrected chi connectivity index (χ3v) is 7.80. The Labute approximate surface area is 243 Å². The first kappa shape index (κ1) is 33.1. The van der Waals surface area contributed by atoms with Gasteiger partial charge in [-0.15, -0.1) is 11.3 Å². The van der Waals surface area contributed by atoms with Crippen LogP contribution in [0.15, 0.2) is 48.7 Å². The van der Waals surface area contributed by atoms with E-state index in [4.69, 9.17) is 4.74 Å². The molecule has 1 amide bonds. The number of nitrogens with one attached hydrogen (secondary N) is 2. The van der Waals surface area contributed by atoms with E-state index in [9.17, 15) is 14.7 Å². The minimum atomic E-state index is -1.05. The van der Waals surface area contributed by atoms with Crippen LogP contribution in [0.2, 0.25) is 0 Å². The zero-order chi connectivity index (χ0) is 29.5. The average Bonchev–Trinajstić information content (AvgIpc) is 3.45. The predicted molar refractivity (Wildman–Crippen MR) is 164 cm³/mol. The van der Waals surface area contributed by atoms with Crippen LogP contribution >= 0.6 is 11.3 Å². The Kier molecular flexibility index (Phi) is 14.6. The molecule has 0 aliphatic rings. The van der Waals surface area contributed by atoms with Gasteiger partial charge in [-0.1, -0.05) is 70.9 Å². The third-order valence-electron chi connectivity index (χ3n) is 6.56. The first-order valence-electron chi connectivity index (χ1n) is 14.2. The number of aryl methyl sites for hydroxylation is 2. The standard InChI is InChI=1S/C28H35N3O4S.C4H10/c1-5-24(25-16-30-26(6-2)36-25)35-17-19-11-12-21(22(15-19)20-10-8-7-9-18(20)3)27(32)31-23(28(33)34)13-14-29-4;1-3-4-2/h7-12,15-16,23-24,29H,5-6,13-14,17H2,1-4H3,(H,31,32)(H,33,34);3-4H2,1-2H3. The molecule has 0 aliphatic carbocycles. The number of carboxylic acid groups (broad SMARTS) is 1. The van der Waals surface area contributed by atoms with E-state index in [1.54, 1.807) is 24.5 Å². The van der Waals surface area contributed by atoms with Gasteiger partial charge < -0.3 is 20.5 Å². The molecule has 1 heterocycles. The van der Waals surface area contributed by atoms with Gasteiger partial charge in [0.15, 0.2) is 0 Å². The number of aliphatic carboxylic acids is 1. The Bertz CT molecular complexity index is 1210. The van der Waals surface area contributed by atoms with Crippen molar-refractivity contribution >= 4 is 23.2 Å². The molecule has 2 atom stereocenters. The van der Waals surface area contributed by atoms with Gasteiger partial charge in [0.25, 0.3) is 5.91 Å². The summed E-state index contributed by atoms with van der Waals surface area (Å²) >= 11 is 1.68. The van der Waals surface area contributed by atoms with E-state index in [1.807, 2.05) is 49.5 Å². The van der Waals surface area contributed by atoms with Crippen molar-refractivity contribution in [2.45, 2.75) is 85.5 Å². The fourth-order valence-corrected chi connectivity index (χ4v) is 4.99. The number of unbranched alkanes of at least 4 members (excludes halogenated alkanes) is 1. The number of hydrogen-bond donors (Lipinski definition) is 3. The first-order chi connectivity index (χ1) is 19.3. The van der Waals surface area contributed by atoms with Gasteiger partial charge in [0.2, 0.25) is 0 Å². The maximum absolute atomic E-state index is 13.2. The number of rotatable bonds is 14. The molecule has 0 saturated heterocycles. The summed E-state index contributed by atoms with van der Waals surface area (Å²) in [5, 5.41) is 16.3. The number of nitrogens with zero attached hydrogens (tertiary/aromatic N) is 1. The summed E-state index contributed by atoms with van der Waals surface area (Å²) in [6.07, 6.45) is 6.52. The molecule has 0 spiro atoms. The van der Waals surface area contributed by atoms with Gasteiger partial charge in [-0.25, -0.2) is 9.78 Å². The lowest BCUT2D eigenvalue weighted by Crippen LogP contribution is -2.42. The maximum atomic E-state index is 13.2. The van der Waals surface area contributed by atoms with Crippen molar-refractivity contribution in [3.05, 3.63) is 75.2 Å². The molecule has 2 aromatic carbocycles. The summed E-state index contributed by atoms with van der Waals surface area (Å²) in [5.74, 6) is -1.46. The lowest BCUT2D eigenvalue weighted by Gasteiger charge is -2.19. The number of benzene rings is 2. The number of ether oxygens (including phenoxy) is 1. The molecule has 0 bridgehead atoms. The highest BCUT2D eigenvalue weighted by molar-refractivity contribution is 7.11. The highest BCUT2D eigenvalue weighted by atomic mass is 32.1. The summed E-state index contributed by atoms with van der Waals surface area (Å²) in [5.41, 5.74) is 4.08. The van der Waals surface area contributed by atoms with Gasteiger partial charge in [0, 0.05) is 11.8 Å². The Morgan fingerprint density at radius 1 is 1.05 bits per heavy atom. The quantitative estimate of drug-likeness (QED) is 0.195. The topological polar surface area (TPSA) is 101 Å². The molecule has 218 valence electrons. The smallest absolute Gasteiger partial charge is 0.326 e. The molecular weight excluding hydrogens is 522 g/mol. The summed E-state index contributed by atoms with van der Waals surface area (Å²) in [6.45, 7) is 11.4. The molecule has 7 nitrogen and oxygen atoms in total. The van der Waals surface area contributed by atoms with Crippen LogP contribution in [0, 0.1) is 6.92 Å². The fourth-order valence-electron chi connectivity index (χ4n) is 3.99. The summed E-state index contributed by atoms with van der Waals surface area (Å²) in [6, 6.07) is 12.5. The van der Waals surface area contributed by atoms with Crippen LogP contribution in [0.25, 0.3) is 11.1 Å². The Hall–Kier alpha value is -3.07. The SMILES string of the molecule is CCCC.CCc1ncc(C(CC)OCc2ccc(C(=O)NC(CCNC)C(=O)O)c(-c3ccccc3C)c2)s1. The monoisotopic (exact) mass is 567 g/mol. The van der Waals surface area contributed by atoms with Crippen molar-refractivity contribution < 1.29 is 19.4 Å². The molecular formula is C32H45N3O4S. The Balaban J connectivity index is 0.00000131. The van der Waals surface area contributed by atoms with Gasteiger partial charge in [-0.3, -0.25) is 4.79 Å². The van der Waals surface area contributed by atoms with Crippen LogP contribution in [0.4, 0.5) is 0 Å². The van der Waals surface area contributed by atoms with E-state index in [1.165, 1.54) is 12.8 Å². The zero-order valence-electron chi connectivity index (χ0n) is 24.8. The second kappa shape index (κ2) is 17.6. The maximum Gasteiger partial charge on any atom is 0.326 e. The number of carbonyl (C=O) groups excluding carboxylic acids is 1. The minimum Gasteiger partial charge on any atom is -0.480 e. The van der Waals surface area contributed by atoms with Crippen molar-refractivity contribution in [2.75, 3.05) is 13.6 Å². The molecule has 8 heteroatoms. The van der Waals surface area contributed by atoms with Crippen molar-refractivity contribution in [2.24, 2.45) is 0 Å². The second-order valence-corrected chi connectivity index (χ2v) is 10.8. The van der Waals surface area contributed by atoms with Gasteiger partial charge in [0.05, 0.1) is 22.6 Å². The Morgan fingerprint density at radius 3 is 2.35 bits per heavy atom. The Morgan fingerprint density at radius 2 is 1.77 bits per heavy atom. The van der Waals surface area contributed by atoms with Crippen LogP contribution in [0.3, 0.4) is 0 Å².